The minimum absolute atomic E-state index is 0.00951. The molecule has 0 aromatic heterocycles. The van der Waals surface area contributed by atoms with Crippen molar-refractivity contribution in [1.82, 2.24) is 25.6 Å². The van der Waals surface area contributed by atoms with Crippen LogP contribution in [0.3, 0.4) is 0 Å². The van der Waals surface area contributed by atoms with Gasteiger partial charge in [-0.05, 0) is 25.7 Å². The van der Waals surface area contributed by atoms with Crippen LogP contribution in [0, 0.1) is 5.92 Å². The molecule has 1 saturated carbocycles. The van der Waals surface area contributed by atoms with Crippen LogP contribution in [0.4, 0.5) is 0 Å². The fraction of sp³-hybridized carbons (Fsp3) is 0.846. The highest BCUT2D eigenvalue weighted by atomic mass is 32.2. The van der Waals surface area contributed by atoms with E-state index in [2.05, 4.69) is 31.3 Å². The first kappa shape index (κ1) is 27.7. The van der Waals surface area contributed by atoms with Crippen molar-refractivity contribution in [3.63, 3.8) is 0 Å². The van der Waals surface area contributed by atoms with Crippen molar-refractivity contribution >= 4 is 23.6 Å². The summed E-state index contributed by atoms with van der Waals surface area (Å²) < 4.78 is 21.4. The Kier molecular flexibility index (Phi) is 8.66. The third-order valence-corrected chi connectivity index (χ3v) is 10.5. The van der Waals surface area contributed by atoms with Gasteiger partial charge in [-0.15, -0.1) is 0 Å². The van der Waals surface area contributed by atoms with Gasteiger partial charge in [0.1, 0.15) is 12.1 Å². The summed E-state index contributed by atoms with van der Waals surface area (Å²) in [5.74, 6) is 0.382. The average molecular weight is 567 g/mol. The lowest BCUT2D eigenvalue weighted by molar-refractivity contribution is -0.431. The molecule has 6 rings (SSSR count). The van der Waals surface area contributed by atoms with Crippen LogP contribution in [-0.4, -0.2) is 110 Å². The average Bonchev–Trinajstić information content (AvgIpc) is 3.58. The molecule has 9 N–H and O–H groups in total. The molecule has 5 fully saturated rings. The van der Waals surface area contributed by atoms with Crippen LogP contribution in [0.15, 0.2) is 12.0 Å². The molecule has 0 bridgehead atoms. The van der Waals surface area contributed by atoms with Gasteiger partial charge < -0.3 is 41.2 Å². The number of morpholine rings is 1. The Morgan fingerprint density at radius 2 is 1.97 bits per heavy atom. The highest BCUT2D eigenvalue weighted by Crippen LogP contribution is 2.40. The summed E-state index contributed by atoms with van der Waals surface area (Å²) in [7, 11) is 0. The molecule has 1 amide bonds. The number of amides is 1. The van der Waals surface area contributed by atoms with E-state index in [0.29, 0.717) is 37.8 Å². The second-order valence-electron chi connectivity index (χ2n) is 11.9. The number of ketones is 1. The van der Waals surface area contributed by atoms with E-state index in [0.717, 1.165) is 38.9 Å². The number of ether oxygens (including phenoxy) is 3. The first-order chi connectivity index (χ1) is 19.0. The van der Waals surface area contributed by atoms with Crippen LogP contribution in [0.25, 0.3) is 0 Å². The van der Waals surface area contributed by atoms with Crippen molar-refractivity contribution in [2.75, 3.05) is 39.5 Å². The molecule has 39 heavy (non-hydrogen) atoms. The van der Waals surface area contributed by atoms with E-state index in [9.17, 15) is 9.59 Å². The predicted molar refractivity (Wildman–Crippen MR) is 145 cm³/mol. The molecule has 5 heterocycles. The van der Waals surface area contributed by atoms with E-state index in [4.69, 9.17) is 19.9 Å². The highest BCUT2D eigenvalue weighted by Gasteiger charge is 2.51. The van der Waals surface area contributed by atoms with Crippen molar-refractivity contribution < 1.29 is 29.5 Å². The summed E-state index contributed by atoms with van der Waals surface area (Å²) in [5, 5.41) is 11.1. The second kappa shape index (κ2) is 12.2. The van der Waals surface area contributed by atoms with Gasteiger partial charge in [-0.3, -0.25) is 14.9 Å². The number of primary amides is 1. The van der Waals surface area contributed by atoms with Crippen LogP contribution in [-0.2, 0) is 23.8 Å². The summed E-state index contributed by atoms with van der Waals surface area (Å²) in [4.78, 5) is 27.3. The number of hydrogen-bond donors (Lipinski definition) is 6. The van der Waals surface area contributed by atoms with E-state index in [1.165, 1.54) is 19.3 Å². The second-order valence-corrected chi connectivity index (χ2v) is 12.9. The van der Waals surface area contributed by atoms with E-state index >= 15 is 0 Å². The van der Waals surface area contributed by atoms with E-state index in [1.54, 1.807) is 18.0 Å². The lowest BCUT2D eigenvalue weighted by Gasteiger charge is -2.40. The molecule has 0 radical (unpaired) electrons. The van der Waals surface area contributed by atoms with Crippen molar-refractivity contribution in [1.29, 1.82) is 0 Å². The number of piperidine rings is 1. The van der Waals surface area contributed by atoms with Gasteiger partial charge in [0.15, 0.2) is 17.8 Å². The summed E-state index contributed by atoms with van der Waals surface area (Å²) >= 11 is 1.67. The van der Waals surface area contributed by atoms with Crippen molar-refractivity contribution in [3.05, 3.63) is 12.0 Å². The third kappa shape index (κ3) is 6.10. The van der Waals surface area contributed by atoms with Crippen molar-refractivity contribution in [2.45, 2.75) is 92.4 Å². The molecular formula is C26H44N7O5S+. The molecule has 13 heteroatoms. The van der Waals surface area contributed by atoms with Gasteiger partial charge in [0.2, 0.25) is 5.91 Å². The Bertz CT molecular complexity index is 936. The standard InChI is InChI=1S/C26H43N7O5S/c27-16-3-1-2-4-17(16)30-14-9-18(23(26(28)35)29-12-14)31-21-11-20(39-32-21)15-13-37-25-19(34)10-22(38-24(15)25)33-5-7-36-8-6-33/h10,14-18,20-21,23-25,29-32H,1-9,11-13,27H2,(H2,28,35)/p+1/t14?,15?,16-,17+,18?,20?,21?,23?,24?,25?/m1/s1. The van der Waals surface area contributed by atoms with Gasteiger partial charge in [-0.2, -0.15) is 0 Å². The molecule has 6 aliphatic rings. The van der Waals surface area contributed by atoms with E-state index in [1.807, 2.05) is 0 Å². The SMILES string of the molecule is NC(=O)C1NCC(N[C@H]2CCCC[C@H]2[NH3+])CC1NC1CC(C2COC3C(=O)C=C(N4CCOCC4)OC32)SN1. The minimum atomic E-state index is -0.544. The van der Waals surface area contributed by atoms with E-state index in [-0.39, 0.29) is 47.2 Å². The fourth-order valence-electron chi connectivity index (χ4n) is 7.05. The zero-order valence-corrected chi connectivity index (χ0v) is 23.3. The number of nitrogens with one attached hydrogen (secondary N) is 4. The zero-order valence-electron chi connectivity index (χ0n) is 22.5. The zero-order chi connectivity index (χ0) is 26.9. The number of carbonyl (C=O) groups excluding carboxylic acids is 2. The topological polar surface area (TPSA) is 167 Å². The number of quaternary nitrogens is 1. The molecule has 8 unspecified atom stereocenters. The summed E-state index contributed by atoms with van der Waals surface area (Å²) in [5.41, 5.74) is 10.2. The maximum Gasteiger partial charge on any atom is 0.236 e. The van der Waals surface area contributed by atoms with Crippen molar-refractivity contribution in [2.24, 2.45) is 11.7 Å². The maximum absolute atomic E-state index is 12.9. The smallest absolute Gasteiger partial charge is 0.236 e. The lowest BCUT2D eigenvalue weighted by Crippen LogP contribution is -2.72. The molecule has 1 aliphatic carbocycles. The molecule has 0 aromatic carbocycles. The Balaban J connectivity index is 1.06. The maximum atomic E-state index is 12.9. The van der Waals surface area contributed by atoms with Gasteiger partial charge in [0.25, 0.3) is 0 Å². The molecule has 10 atom stereocenters. The first-order valence-corrected chi connectivity index (χ1v) is 15.5. The fourth-order valence-corrected chi connectivity index (χ4v) is 8.25. The predicted octanol–water partition coefficient (Wildman–Crippen LogP) is -2.20. The molecular weight excluding hydrogens is 522 g/mol. The number of carbonyl (C=O) groups is 2. The summed E-state index contributed by atoms with van der Waals surface area (Å²) in [6, 6.07) is 0.596. The lowest BCUT2D eigenvalue weighted by atomic mass is 9.88. The van der Waals surface area contributed by atoms with Crippen LogP contribution < -0.4 is 32.1 Å². The molecule has 0 spiro atoms. The summed E-state index contributed by atoms with van der Waals surface area (Å²) in [6.45, 7) is 3.91. The summed E-state index contributed by atoms with van der Waals surface area (Å²) in [6.07, 6.45) is 7.23. The van der Waals surface area contributed by atoms with Gasteiger partial charge in [-0.25, -0.2) is 4.72 Å². The van der Waals surface area contributed by atoms with Gasteiger partial charge >= 0.3 is 0 Å². The number of nitrogens with zero attached hydrogens (tertiary/aromatic N) is 1. The van der Waals surface area contributed by atoms with Crippen LogP contribution >= 0.6 is 11.9 Å². The van der Waals surface area contributed by atoms with E-state index < -0.39 is 12.1 Å². The first-order valence-electron chi connectivity index (χ1n) is 14.6. The third-order valence-electron chi connectivity index (χ3n) is 9.23. The van der Waals surface area contributed by atoms with Gasteiger partial charge in [-0.1, -0.05) is 18.4 Å². The normalized spacial score (nSPS) is 43.1. The Morgan fingerprint density at radius 1 is 1.15 bits per heavy atom. The Hall–Kier alpha value is -1.45. The number of rotatable bonds is 7. The molecule has 218 valence electrons. The minimum Gasteiger partial charge on any atom is -0.472 e. The molecule has 0 aromatic rings. The Labute approximate surface area is 234 Å². The Morgan fingerprint density at radius 3 is 2.77 bits per heavy atom. The highest BCUT2D eigenvalue weighted by molar-refractivity contribution is 7.98. The van der Waals surface area contributed by atoms with Crippen LogP contribution in [0.1, 0.15) is 38.5 Å². The molecule has 4 saturated heterocycles. The number of fused-ring (bicyclic) bond motifs is 1. The van der Waals surface area contributed by atoms with Crippen molar-refractivity contribution in [3.8, 4) is 0 Å². The quantitative estimate of drug-likeness (QED) is 0.185. The van der Waals surface area contributed by atoms with Crippen LogP contribution in [0.5, 0.6) is 0 Å². The van der Waals surface area contributed by atoms with Gasteiger partial charge in [0, 0.05) is 55.4 Å². The molecule has 5 aliphatic heterocycles. The number of hydrogen-bond acceptors (Lipinski definition) is 11. The monoisotopic (exact) mass is 566 g/mol. The number of nitrogens with two attached hydrogens (primary N) is 1. The van der Waals surface area contributed by atoms with Gasteiger partial charge in [0.05, 0.1) is 38.1 Å². The van der Waals surface area contributed by atoms with Crippen LogP contribution in [0.2, 0.25) is 0 Å². The molecule has 12 nitrogen and oxygen atoms in total. The largest absolute Gasteiger partial charge is 0.472 e.